The van der Waals surface area contributed by atoms with Crippen molar-refractivity contribution in [3.05, 3.63) is 98.5 Å². The van der Waals surface area contributed by atoms with E-state index in [0.717, 1.165) is 27.1 Å². The van der Waals surface area contributed by atoms with Gasteiger partial charge in [0.1, 0.15) is 12.4 Å². The van der Waals surface area contributed by atoms with Crippen LogP contribution in [0.2, 0.25) is 5.02 Å². The number of carbonyl (C=O) groups excluding carboxylic acids is 1. The second-order valence-electron chi connectivity index (χ2n) is 9.49. The number of carbonyl (C=O) groups is 1. The third kappa shape index (κ3) is 5.35. The maximum Gasteiger partial charge on any atom is 0.232 e. The van der Waals surface area contributed by atoms with Crippen LogP contribution in [-0.4, -0.2) is 24.1 Å². The van der Waals surface area contributed by atoms with E-state index >= 15 is 0 Å². The molecule has 0 bridgehead atoms. The number of hydrogen-bond donors (Lipinski definition) is 0. The molecule has 2 heterocycles. The van der Waals surface area contributed by atoms with E-state index in [1.54, 1.807) is 18.8 Å². The van der Waals surface area contributed by atoms with Crippen molar-refractivity contribution < 1.29 is 19.0 Å². The molecular weight excluding hydrogens is 520 g/mol. The van der Waals surface area contributed by atoms with Crippen molar-refractivity contribution in [3.8, 4) is 17.2 Å². The number of ether oxygens (including phenoxy) is 3. The molecule has 0 N–H and O–H groups in total. The van der Waals surface area contributed by atoms with Crippen LogP contribution < -0.4 is 19.1 Å². The molecule has 4 aromatic rings. The number of anilines is 1. The number of nitrogens with zero attached hydrogens (tertiary/aromatic N) is 2. The maximum atomic E-state index is 13.9. The molecule has 5 rings (SSSR count). The number of aryl methyl sites for hydroxylation is 1. The van der Waals surface area contributed by atoms with Crippen LogP contribution in [0.1, 0.15) is 47.0 Å². The van der Waals surface area contributed by atoms with E-state index in [-0.39, 0.29) is 18.4 Å². The van der Waals surface area contributed by atoms with Gasteiger partial charge in [0.2, 0.25) is 5.91 Å². The van der Waals surface area contributed by atoms with Crippen LogP contribution in [0, 0.1) is 6.92 Å². The summed E-state index contributed by atoms with van der Waals surface area (Å²) < 4.78 is 18.0. The summed E-state index contributed by atoms with van der Waals surface area (Å²) in [4.78, 5) is 20.9. The van der Waals surface area contributed by atoms with Crippen molar-refractivity contribution in [2.45, 2.75) is 45.9 Å². The molecule has 1 atom stereocenters. The van der Waals surface area contributed by atoms with E-state index in [9.17, 15) is 4.79 Å². The summed E-state index contributed by atoms with van der Waals surface area (Å²) in [5, 5.41) is 0.630. The average molecular weight is 549 g/mol. The van der Waals surface area contributed by atoms with E-state index in [4.69, 9.17) is 25.8 Å². The molecule has 8 heteroatoms. The number of rotatable bonds is 8. The zero-order valence-corrected chi connectivity index (χ0v) is 23.3. The van der Waals surface area contributed by atoms with Gasteiger partial charge in [-0.1, -0.05) is 29.8 Å². The van der Waals surface area contributed by atoms with Crippen LogP contribution in [0.15, 0.2) is 66.3 Å². The molecule has 1 aliphatic heterocycles. The Morgan fingerprint density at radius 2 is 1.87 bits per heavy atom. The monoisotopic (exact) mass is 548 g/mol. The highest BCUT2D eigenvalue weighted by atomic mass is 35.5. The van der Waals surface area contributed by atoms with Gasteiger partial charge in [0.05, 0.1) is 41.8 Å². The molecule has 1 aliphatic rings. The van der Waals surface area contributed by atoms with Gasteiger partial charge in [-0.3, -0.25) is 14.7 Å². The number of benzene rings is 3. The summed E-state index contributed by atoms with van der Waals surface area (Å²) in [6.07, 6.45) is 1.98. The van der Waals surface area contributed by atoms with Crippen molar-refractivity contribution >= 4 is 34.5 Å². The molecule has 0 saturated heterocycles. The molecule has 0 radical (unpaired) electrons. The maximum absolute atomic E-state index is 13.9. The quantitative estimate of drug-likeness (QED) is 0.234. The highest BCUT2D eigenvalue weighted by Crippen LogP contribution is 2.46. The lowest BCUT2D eigenvalue weighted by molar-refractivity contribution is -0.118. The molecule has 1 aromatic heterocycles. The molecular formula is C30H29ClN2O4S. The van der Waals surface area contributed by atoms with Gasteiger partial charge in [-0.25, -0.2) is 0 Å². The molecule has 38 heavy (non-hydrogen) atoms. The zero-order chi connectivity index (χ0) is 26.8. The summed E-state index contributed by atoms with van der Waals surface area (Å²) in [6.45, 7) is 6.33. The number of methoxy groups -OCH3 is 1. The lowest BCUT2D eigenvalue weighted by atomic mass is 9.86. The summed E-state index contributed by atoms with van der Waals surface area (Å²) >= 11 is 7.78. The minimum Gasteiger partial charge on any atom is -0.493 e. The van der Waals surface area contributed by atoms with Gasteiger partial charge < -0.3 is 14.2 Å². The van der Waals surface area contributed by atoms with Gasteiger partial charge in [0, 0.05) is 11.2 Å². The number of hydrogen-bond acceptors (Lipinski definition) is 6. The Balaban J connectivity index is 1.66. The van der Waals surface area contributed by atoms with Crippen molar-refractivity contribution in [2.24, 2.45) is 0 Å². The van der Waals surface area contributed by atoms with Crippen molar-refractivity contribution in [1.82, 2.24) is 4.98 Å². The molecule has 6 nitrogen and oxygen atoms in total. The van der Waals surface area contributed by atoms with Crippen LogP contribution in [0.4, 0.5) is 5.69 Å². The Kier molecular flexibility index (Phi) is 7.58. The van der Waals surface area contributed by atoms with Crippen molar-refractivity contribution in [2.75, 3.05) is 12.0 Å². The molecule has 0 saturated carbocycles. The molecule has 3 aromatic carbocycles. The molecule has 1 unspecified atom stereocenters. The average Bonchev–Trinajstić information content (AvgIpc) is 3.41. The highest BCUT2D eigenvalue weighted by Gasteiger charge is 2.37. The van der Waals surface area contributed by atoms with Crippen LogP contribution in [-0.2, 0) is 17.8 Å². The second kappa shape index (κ2) is 11.1. The minimum absolute atomic E-state index is 0.0384. The smallest absolute Gasteiger partial charge is 0.232 e. The van der Waals surface area contributed by atoms with Gasteiger partial charge in [-0.15, -0.1) is 11.3 Å². The Labute approximate surface area is 231 Å². The van der Waals surface area contributed by atoms with Crippen molar-refractivity contribution in [1.29, 1.82) is 0 Å². The Bertz CT molecular complexity index is 1440. The van der Waals surface area contributed by atoms with Gasteiger partial charge >= 0.3 is 0 Å². The summed E-state index contributed by atoms with van der Waals surface area (Å²) in [6, 6.07) is 17.0. The fraction of sp³-hybridized carbons (Fsp3) is 0.267. The topological polar surface area (TPSA) is 60.9 Å². The highest BCUT2D eigenvalue weighted by molar-refractivity contribution is 7.09. The van der Waals surface area contributed by atoms with Crippen LogP contribution in [0.3, 0.4) is 0 Å². The van der Waals surface area contributed by atoms with Gasteiger partial charge in [0.15, 0.2) is 11.5 Å². The SMILES string of the molecule is COc1cc2c(cc1OC(C)C)C(c1ccc(Cl)cc1)N(c1ccc(C)cc1OCc1cncs1)C(=O)C2. The molecule has 0 aliphatic carbocycles. The van der Waals surface area contributed by atoms with Gasteiger partial charge in [-0.2, -0.15) is 0 Å². The molecule has 0 fully saturated rings. The van der Waals surface area contributed by atoms with E-state index in [1.165, 1.54) is 11.3 Å². The Morgan fingerprint density at radius 1 is 1.08 bits per heavy atom. The first-order chi connectivity index (χ1) is 18.3. The third-order valence-electron chi connectivity index (χ3n) is 6.37. The molecule has 1 amide bonds. The van der Waals surface area contributed by atoms with Crippen LogP contribution in [0.25, 0.3) is 0 Å². The predicted molar refractivity (Wildman–Crippen MR) is 151 cm³/mol. The number of aromatic nitrogens is 1. The first-order valence-electron chi connectivity index (χ1n) is 12.4. The number of amides is 1. The molecule has 196 valence electrons. The lowest BCUT2D eigenvalue weighted by Gasteiger charge is -2.39. The number of halogens is 1. The first kappa shape index (κ1) is 26.1. The minimum atomic E-state index is -0.419. The van der Waals surface area contributed by atoms with E-state index < -0.39 is 6.04 Å². The largest absolute Gasteiger partial charge is 0.493 e. The van der Waals surface area contributed by atoms with Crippen molar-refractivity contribution in [3.63, 3.8) is 0 Å². The van der Waals surface area contributed by atoms with E-state index in [1.807, 2.05) is 80.3 Å². The standard InChI is InChI=1S/C30H29ClN2O4S/c1-18(2)37-28-14-24-21(12-27(28)35-4)13-29(34)33(30(24)20-6-8-22(31)9-7-20)25-10-5-19(3)11-26(25)36-16-23-15-32-17-38-23/h5-12,14-15,17-18,30H,13,16H2,1-4H3. The first-order valence-corrected chi connectivity index (χ1v) is 13.7. The van der Waals surface area contributed by atoms with E-state index in [0.29, 0.717) is 34.6 Å². The van der Waals surface area contributed by atoms with Gasteiger partial charge in [0.25, 0.3) is 0 Å². The fourth-order valence-electron chi connectivity index (χ4n) is 4.71. The van der Waals surface area contributed by atoms with Crippen LogP contribution >= 0.6 is 22.9 Å². The normalized spacial score (nSPS) is 14.9. The van der Waals surface area contributed by atoms with E-state index in [2.05, 4.69) is 4.98 Å². The summed E-state index contributed by atoms with van der Waals surface area (Å²) in [5.41, 5.74) is 6.33. The molecule has 0 spiro atoms. The summed E-state index contributed by atoms with van der Waals surface area (Å²) in [7, 11) is 1.61. The summed E-state index contributed by atoms with van der Waals surface area (Å²) in [5.74, 6) is 1.85. The third-order valence-corrected chi connectivity index (χ3v) is 7.37. The van der Waals surface area contributed by atoms with Crippen LogP contribution in [0.5, 0.6) is 17.2 Å². The lowest BCUT2D eigenvalue weighted by Crippen LogP contribution is -2.41. The number of thiazole rings is 1. The Hall–Kier alpha value is -3.55. The van der Waals surface area contributed by atoms with Gasteiger partial charge in [-0.05, 0) is 79.4 Å². The zero-order valence-electron chi connectivity index (χ0n) is 21.7. The Morgan fingerprint density at radius 3 is 2.55 bits per heavy atom. The predicted octanol–water partition coefficient (Wildman–Crippen LogP) is 7.16. The fourth-order valence-corrected chi connectivity index (χ4v) is 5.34. The second-order valence-corrected chi connectivity index (χ2v) is 10.9. The number of fused-ring (bicyclic) bond motifs is 1.